The van der Waals surface area contributed by atoms with Gasteiger partial charge in [-0.05, 0) is 29.7 Å². The van der Waals surface area contributed by atoms with Crippen LogP contribution in [0.4, 0.5) is 0 Å². The van der Waals surface area contributed by atoms with Gasteiger partial charge in [0.1, 0.15) is 6.54 Å². The van der Waals surface area contributed by atoms with Crippen LogP contribution >= 0.6 is 0 Å². The van der Waals surface area contributed by atoms with Crippen LogP contribution in [0.1, 0.15) is 37.1 Å². The molecule has 0 aliphatic heterocycles. The fraction of sp³-hybridized carbons (Fsp3) is 0.318. The first-order valence-corrected chi connectivity index (χ1v) is 9.52. The van der Waals surface area contributed by atoms with Crippen molar-refractivity contribution in [2.45, 2.75) is 39.7 Å². The van der Waals surface area contributed by atoms with E-state index in [-0.39, 0.29) is 18.7 Å². The molecule has 0 amide bonds. The monoisotopic (exact) mass is 380 g/mol. The minimum atomic E-state index is -0.590. The van der Waals surface area contributed by atoms with Crippen LogP contribution in [-0.4, -0.2) is 22.1 Å². The smallest absolute Gasteiger partial charge is 0.329 e. The van der Waals surface area contributed by atoms with Crippen molar-refractivity contribution in [3.63, 3.8) is 0 Å². The Kier molecular flexibility index (Phi) is 6.09. The van der Waals surface area contributed by atoms with Crippen molar-refractivity contribution >= 4 is 16.7 Å². The van der Waals surface area contributed by atoms with Gasteiger partial charge in [-0.1, -0.05) is 55.8 Å². The summed E-state index contributed by atoms with van der Waals surface area (Å²) in [5, 5.41) is 2.14. The van der Waals surface area contributed by atoms with Gasteiger partial charge < -0.3 is 4.74 Å². The van der Waals surface area contributed by atoms with Crippen LogP contribution in [0.3, 0.4) is 0 Å². The topological polar surface area (TPSA) is 81.2 Å². The molecule has 0 atom stereocenters. The van der Waals surface area contributed by atoms with Crippen molar-refractivity contribution in [1.29, 1.82) is 0 Å². The molecule has 0 unspecified atom stereocenters. The summed E-state index contributed by atoms with van der Waals surface area (Å²) in [6.45, 7) is 3.70. The molecule has 0 aliphatic carbocycles. The Balaban J connectivity index is 2.17. The first-order valence-electron chi connectivity index (χ1n) is 9.52. The van der Waals surface area contributed by atoms with Crippen molar-refractivity contribution in [2.75, 3.05) is 6.61 Å². The van der Waals surface area contributed by atoms with Crippen LogP contribution in [0.25, 0.3) is 10.8 Å². The van der Waals surface area contributed by atoms with E-state index in [1.165, 1.54) is 4.57 Å². The molecule has 3 rings (SSSR count). The van der Waals surface area contributed by atoms with Gasteiger partial charge >= 0.3 is 11.7 Å². The first kappa shape index (κ1) is 19.6. The maximum atomic E-state index is 12.5. The lowest BCUT2D eigenvalue weighted by atomic mass is 9.97. The molecule has 1 aromatic heterocycles. The Morgan fingerprint density at radius 1 is 1.07 bits per heavy atom. The highest BCUT2D eigenvalue weighted by molar-refractivity contribution is 5.85. The number of carbonyl (C=O) groups is 1. The number of ether oxygens (including phenoxy) is 1. The van der Waals surface area contributed by atoms with Gasteiger partial charge in [-0.15, -0.1) is 0 Å². The molecule has 146 valence electrons. The molecule has 0 radical (unpaired) electrons. The van der Waals surface area contributed by atoms with Crippen molar-refractivity contribution in [2.24, 2.45) is 0 Å². The average molecular weight is 380 g/mol. The number of hydrogen-bond acceptors (Lipinski definition) is 4. The predicted octanol–water partition coefficient (Wildman–Crippen LogP) is 2.80. The number of benzene rings is 2. The molecule has 2 aromatic carbocycles. The molecular weight excluding hydrogens is 356 g/mol. The Morgan fingerprint density at radius 2 is 1.82 bits per heavy atom. The maximum Gasteiger partial charge on any atom is 0.329 e. The number of nitrogens with one attached hydrogen (secondary N) is 1. The maximum absolute atomic E-state index is 12.5. The van der Waals surface area contributed by atoms with Gasteiger partial charge in [0.05, 0.1) is 6.61 Å². The summed E-state index contributed by atoms with van der Waals surface area (Å²) in [5.74, 6) is -0.502. The SMILES string of the molecule is CCCc1c(Cc2cccc3ccccc23)n(CC(=O)OCC)c(=O)[nH]c1=O. The molecule has 1 heterocycles. The number of carbonyl (C=O) groups excluding carboxylic acids is 1. The Morgan fingerprint density at radius 3 is 2.57 bits per heavy atom. The molecule has 0 fully saturated rings. The van der Waals surface area contributed by atoms with Crippen LogP contribution in [0.15, 0.2) is 52.1 Å². The second-order valence-corrected chi connectivity index (χ2v) is 6.64. The number of aromatic nitrogens is 2. The molecule has 28 heavy (non-hydrogen) atoms. The lowest BCUT2D eigenvalue weighted by Crippen LogP contribution is -2.37. The van der Waals surface area contributed by atoms with E-state index < -0.39 is 11.7 Å². The van der Waals surface area contributed by atoms with E-state index in [1.54, 1.807) is 6.92 Å². The third-order valence-corrected chi connectivity index (χ3v) is 4.74. The van der Waals surface area contributed by atoms with E-state index in [4.69, 9.17) is 4.74 Å². The number of esters is 1. The highest BCUT2D eigenvalue weighted by Gasteiger charge is 2.18. The number of rotatable bonds is 7. The molecule has 0 aliphatic rings. The van der Waals surface area contributed by atoms with Crippen LogP contribution in [0.5, 0.6) is 0 Å². The average Bonchev–Trinajstić information content (AvgIpc) is 2.68. The largest absolute Gasteiger partial charge is 0.465 e. The van der Waals surface area contributed by atoms with Gasteiger partial charge in [0, 0.05) is 17.7 Å². The van der Waals surface area contributed by atoms with Crippen molar-refractivity contribution in [1.82, 2.24) is 9.55 Å². The number of aromatic amines is 1. The highest BCUT2D eigenvalue weighted by Crippen LogP contribution is 2.22. The number of hydrogen-bond donors (Lipinski definition) is 1. The molecule has 6 heteroatoms. The summed E-state index contributed by atoms with van der Waals surface area (Å²) in [4.78, 5) is 39.4. The molecule has 6 nitrogen and oxygen atoms in total. The summed E-state index contributed by atoms with van der Waals surface area (Å²) in [6, 6.07) is 13.9. The second kappa shape index (κ2) is 8.69. The lowest BCUT2D eigenvalue weighted by Gasteiger charge is -2.16. The van der Waals surface area contributed by atoms with Crippen LogP contribution < -0.4 is 11.2 Å². The van der Waals surface area contributed by atoms with Crippen molar-refractivity contribution in [3.8, 4) is 0 Å². The highest BCUT2D eigenvalue weighted by atomic mass is 16.5. The zero-order valence-electron chi connectivity index (χ0n) is 16.2. The fourth-order valence-electron chi connectivity index (χ4n) is 3.50. The second-order valence-electron chi connectivity index (χ2n) is 6.64. The fourth-order valence-corrected chi connectivity index (χ4v) is 3.50. The van der Waals surface area contributed by atoms with E-state index in [9.17, 15) is 14.4 Å². The van der Waals surface area contributed by atoms with Crippen LogP contribution in [-0.2, 0) is 28.9 Å². The zero-order valence-corrected chi connectivity index (χ0v) is 16.2. The normalized spacial score (nSPS) is 10.9. The van der Waals surface area contributed by atoms with E-state index in [1.807, 2.05) is 49.4 Å². The number of H-pyrrole nitrogens is 1. The molecule has 1 N–H and O–H groups in total. The summed E-state index contributed by atoms with van der Waals surface area (Å²) < 4.78 is 6.36. The van der Waals surface area contributed by atoms with Gasteiger partial charge in [0.2, 0.25) is 0 Å². The number of nitrogens with zero attached hydrogens (tertiary/aromatic N) is 1. The Labute approximate surface area is 162 Å². The standard InChI is InChI=1S/C22H24N2O4/c1-3-8-18-19(13-16-11-7-10-15-9-5-6-12-17(15)16)24(14-20(25)28-4-2)22(27)23-21(18)26/h5-7,9-12H,3-4,8,13-14H2,1-2H3,(H,23,26,27). The Hall–Kier alpha value is -3.15. The quantitative estimate of drug-likeness (QED) is 0.639. The van der Waals surface area contributed by atoms with Gasteiger partial charge in [0.15, 0.2) is 0 Å². The minimum Gasteiger partial charge on any atom is -0.465 e. The van der Waals surface area contributed by atoms with Gasteiger partial charge in [-0.2, -0.15) is 0 Å². The van der Waals surface area contributed by atoms with Crippen LogP contribution in [0, 0.1) is 0 Å². The van der Waals surface area contributed by atoms with E-state index in [0.29, 0.717) is 24.1 Å². The first-order chi connectivity index (χ1) is 13.5. The van der Waals surface area contributed by atoms with Crippen LogP contribution in [0.2, 0.25) is 0 Å². The zero-order chi connectivity index (χ0) is 20.1. The number of fused-ring (bicyclic) bond motifs is 1. The third-order valence-electron chi connectivity index (χ3n) is 4.74. The van der Waals surface area contributed by atoms with Crippen molar-refractivity contribution in [3.05, 3.63) is 80.1 Å². The van der Waals surface area contributed by atoms with Gasteiger partial charge in [-0.3, -0.25) is 19.1 Å². The predicted molar refractivity (Wildman–Crippen MR) is 109 cm³/mol. The van der Waals surface area contributed by atoms with Crippen molar-refractivity contribution < 1.29 is 9.53 Å². The summed E-state index contributed by atoms with van der Waals surface area (Å²) in [7, 11) is 0. The lowest BCUT2D eigenvalue weighted by molar-refractivity contribution is -0.143. The summed E-state index contributed by atoms with van der Waals surface area (Å²) in [5.41, 5.74) is 1.13. The van der Waals surface area contributed by atoms with E-state index in [2.05, 4.69) is 4.98 Å². The Bertz CT molecular complexity index is 1110. The summed E-state index contributed by atoms with van der Waals surface area (Å²) >= 11 is 0. The molecular formula is C22H24N2O4. The van der Waals surface area contributed by atoms with Gasteiger partial charge in [0.25, 0.3) is 5.56 Å². The van der Waals surface area contributed by atoms with E-state index in [0.717, 1.165) is 22.8 Å². The third kappa shape index (κ3) is 4.06. The molecule has 0 spiro atoms. The molecule has 0 saturated carbocycles. The minimum absolute atomic E-state index is 0.222. The molecule has 0 saturated heterocycles. The van der Waals surface area contributed by atoms with Gasteiger partial charge in [-0.25, -0.2) is 4.79 Å². The molecule has 3 aromatic rings. The summed E-state index contributed by atoms with van der Waals surface area (Å²) in [6.07, 6.45) is 1.66. The molecule has 0 bridgehead atoms. The van der Waals surface area contributed by atoms with E-state index >= 15 is 0 Å².